The largest absolute Gasteiger partial charge is 0.487 e. The van der Waals surface area contributed by atoms with Crippen LogP contribution in [-0.2, 0) is 16.1 Å². The molecule has 1 N–H and O–H groups in total. The van der Waals surface area contributed by atoms with Gasteiger partial charge >= 0.3 is 5.97 Å². The zero-order valence-electron chi connectivity index (χ0n) is 19.0. The lowest BCUT2D eigenvalue weighted by molar-refractivity contribution is -0.136. The SMILES string of the molecule is COC(=O)C1=C(C)NC2=C(C(=O)c3ccccc32)[C@@H]1c1ccc(OCc2ccc(Br)cc2)c(Cl)c1. The number of benzene rings is 3. The Kier molecular flexibility index (Phi) is 6.26. The van der Waals surface area contributed by atoms with E-state index in [-0.39, 0.29) is 5.78 Å². The standard InChI is InChI=1S/C28H21BrClNO4/c1-15-23(28(33)34-2)24(25-26(31-15)19-5-3-4-6-20(19)27(25)32)17-9-12-22(21(30)13-17)35-14-16-7-10-18(29)11-8-16/h3-13,24,31H,14H2,1-2H3/t24-/m1/s1. The minimum absolute atomic E-state index is 0.117. The van der Waals surface area contributed by atoms with Crippen LogP contribution in [-0.4, -0.2) is 18.9 Å². The van der Waals surface area contributed by atoms with Crippen molar-refractivity contribution in [2.45, 2.75) is 19.4 Å². The van der Waals surface area contributed by atoms with Crippen LogP contribution >= 0.6 is 27.5 Å². The summed E-state index contributed by atoms with van der Waals surface area (Å²) in [6.45, 7) is 2.17. The molecule has 0 radical (unpaired) electrons. The van der Waals surface area contributed by atoms with Crippen LogP contribution in [0.25, 0.3) is 5.70 Å². The Labute approximate surface area is 216 Å². The molecule has 5 nitrogen and oxygen atoms in total. The molecule has 1 aliphatic heterocycles. The number of dihydropyridines is 1. The van der Waals surface area contributed by atoms with Crippen LogP contribution in [0.5, 0.6) is 5.75 Å². The first kappa shape index (κ1) is 23.4. The van der Waals surface area contributed by atoms with Crippen molar-refractivity contribution in [3.8, 4) is 5.75 Å². The molecule has 35 heavy (non-hydrogen) atoms. The second kappa shape index (κ2) is 9.36. The van der Waals surface area contributed by atoms with Gasteiger partial charge in [0.15, 0.2) is 5.78 Å². The Morgan fingerprint density at radius 1 is 1.06 bits per heavy atom. The minimum atomic E-state index is -0.628. The second-order valence-electron chi connectivity index (χ2n) is 8.36. The number of fused-ring (bicyclic) bond motifs is 2. The first-order valence-corrected chi connectivity index (χ1v) is 12.2. The van der Waals surface area contributed by atoms with Crippen molar-refractivity contribution in [2.24, 2.45) is 0 Å². The highest BCUT2D eigenvalue weighted by molar-refractivity contribution is 9.10. The summed E-state index contributed by atoms with van der Waals surface area (Å²) in [4.78, 5) is 26.3. The highest BCUT2D eigenvalue weighted by Gasteiger charge is 2.42. The Bertz CT molecular complexity index is 1430. The van der Waals surface area contributed by atoms with Gasteiger partial charge in [-0.25, -0.2) is 4.79 Å². The number of carbonyl (C=O) groups excluding carboxylic acids is 2. The average molecular weight is 551 g/mol. The quantitative estimate of drug-likeness (QED) is 0.371. The molecule has 0 saturated carbocycles. The molecule has 2 aliphatic rings. The zero-order chi connectivity index (χ0) is 24.7. The minimum Gasteiger partial charge on any atom is -0.487 e. The topological polar surface area (TPSA) is 64.6 Å². The third-order valence-corrected chi connectivity index (χ3v) is 7.08. The highest BCUT2D eigenvalue weighted by atomic mass is 79.9. The molecule has 7 heteroatoms. The van der Waals surface area contributed by atoms with E-state index in [9.17, 15) is 9.59 Å². The molecule has 0 bridgehead atoms. The number of rotatable bonds is 5. The van der Waals surface area contributed by atoms with Crippen molar-refractivity contribution in [2.75, 3.05) is 7.11 Å². The van der Waals surface area contributed by atoms with Gasteiger partial charge in [-0.05, 0) is 42.3 Å². The maximum absolute atomic E-state index is 13.5. The number of nitrogens with one attached hydrogen (secondary N) is 1. The Morgan fingerprint density at radius 3 is 2.46 bits per heavy atom. The molecule has 176 valence electrons. The van der Waals surface area contributed by atoms with Gasteiger partial charge in [-0.15, -0.1) is 0 Å². The van der Waals surface area contributed by atoms with Crippen LogP contribution in [0.3, 0.4) is 0 Å². The smallest absolute Gasteiger partial charge is 0.336 e. The van der Waals surface area contributed by atoms with Crippen LogP contribution in [0.4, 0.5) is 0 Å². The van der Waals surface area contributed by atoms with Gasteiger partial charge in [-0.2, -0.15) is 0 Å². The maximum Gasteiger partial charge on any atom is 0.336 e. The van der Waals surface area contributed by atoms with Gasteiger partial charge in [0.05, 0.1) is 23.4 Å². The summed E-state index contributed by atoms with van der Waals surface area (Å²) in [6, 6.07) is 20.6. The maximum atomic E-state index is 13.5. The van der Waals surface area contributed by atoms with Crippen LogP contribution in [0.1, 0.15) is 39.9 Å². The lowest BCUT2D eigenvalue weighted by atomic mass is 9.80. The number of halogens is 2. The van der Waals surface area contributed by atoms with E-state index in [1.165, 1.54) is 7.11 Å². The summed E-state index contributed by atoms with van der Waals surface area (Å²) in [5.41, 5.74) is 5.38. The van der Waals surface area contributed by atoms with E-state index in [4.69, 9.17) is 21.1 Å². The fraction of sp³-hybridized carbons (Fsp3) is 0.143. The lowest BCUT2D eigenvalue weighted by Gasteiger charge is -2.29. The second-order valence-corrected chi connectivity index (χ2v) is 9.68. The summed E-state index contributed by atoms with van der Waals surface area (Å²) < 4.78 is 12.0. The molecule has 1 heterocycles. The molecule has 0 unspecified atom stereocenters. The Morgan fingerprint density at radius 2 is 1.77 bits per heavy atom. The predicted octanol–water partition coefficient (Wildman–Crippen LogP) is 6.42. The molecule has 0 fully saturated rings. The Hall–Kier alpha value is -3.35. The van der Waals surface area contributed by atoms with E-state index in [0.29, 0.717) is 51.0 Å². The normalized spacial score (nSPS) is 16.6. The van der Waals surface area contributed by atoms with Crippen molar-refractivity contribution < 1.29 is 19.1 Å². The van der Waals surface area contributed by atoms with E-state index in [1.54, 1.807) is 18.2 Å². The lowest BCUT2D eigenvalue weighted by Crippen LogP contribution is -2.29. The number of Topliss-reactive ketones (excluding diaryl/α,β-unsaturated/α-hetero) is 1. The first-order valence-electron chi connectivity index (χ1n) is 11.0. The van der Waals surface area contributed by atoms with E-state index >= 15 is 0 Å². The molecule has 0 saturated heterocycles. The van der Waals surface area contributed by atoms with E-state index in [2.05, 4.69) is 21.2 Å². The molecule has 3 aromatic carbocycles. The van der Waals surface area contributed by atoms with Crippen molar-refractivity contribution in [1.29, 1.82) is 0 Å². The molecule has 1 atom stereocenters. The summed E-state index contributed by atoms with van der Waals surface area (Å²) >= 11 is 10.1. The molecular formula is C28H21BrClNO4. The first-order chi connectivity index (χ1) is 16.9. The van der Waals surface area contributed by atoms with Gasteiger partial charge in [0, 0.05) is 32.8 Å². The summed E-state index contributed by atoms with van der Waals surface area (Å²) in [7, 11) is 1.33. The number of methoxy groups -OCH3 is 1. The predicted molar refractivity (Wildman–Crippen MR) is 138 cm³/mol. The average Bonchev–Trinajstić information content (AvgIpc) is 3.14. The van der Waals surface area contributed by atoms with Crippen LogP contribution in [0, 0.1) is 0 Å². The number of allylic oxidation sites excluding steroid dienone is 2. The molecule has 3 aromatic rings. The van der Waals surface area contributed by atoms with Gasteiger partial charge in [0.2, 0.25) is 0 Å². The molecule has 5 rings (SSSR count). The number of esters is 1. The summed E-state index contributed by atoms with van der Waals surface area (Å²) in [6.07, 6.45) is 0. The van der Waals surface area contributed by atoms with Crippen molar-refractivity contribution in [1.82, 2.24) is 5.32 Å². The van der Waals surface area contributed by atoms with Gasteiger partial charge in [-0.1, -0.05) is 70.0 Å². The van der Waals surface area contributed by atoms with Gasteiger partial charge in [0.1, 0.15) is 12.4 Å². The summed E-state index contributed by atoms with van der Waals surface area (Å²) in [5, 5.41) is 3.67. The molecule has 0 aromatic heterocycles. The van der Waals surface area contributed by atoms with Crippen molar-refractivity contribution >= 4 is 45.0 Å². The van der Waals surface area contributed by atoms with Crippen molar-refractivity contribution in [3.05, 3.63) is 115 Å². The van der Waals surface area contributed by atoms with E-state index < -0.39 is 11.9 Å². The van der Waals surface area contributed by atoms with E-state index in [1.807, 2.05) is 55.5 Å². The fourth-order valence-corrected chi connectivity index (χ4v) is 5.11. The molecule has 1 aliphatic carbocycles. The highest BCUT2D eigenvalue weighted by Crippen LogP contribution is 2.47. The monoisotopic (exact) mass is 549 g/mol. The van der Waals surface area contributed by atoms with Crippen LogP contribution < -0.4 is 10.1 Å². The number of carbonyl (C=O) groups is 2. The molecule has 0 amide bonds. The van der Waals surface area contributed by atoms with E-state index in [0.717, 1.165) is 15.6 Å². The van der Waals surface area contributed by atoms with Crippen LogP contribution in [0.2, 0.25) is 5.02 Å². The van der Waals surface area contributed by atoms with Gasteiger partial charge in [0.25, 0.3) is 0 Å². The number of ether oxygens (including phenoxy) is 2. The third kappa shape index (κ3) is 4.17. The van der Waals surface area contributed by atoms with Crippen molar-refractivity contribution in [3.63, 3.8) is 0 Å². The Balaban J connectivity index is 1.53. The third-order valence-electron chi connectivity index (χ3n) is 6.25. The number of ketones is 1. The molecule has 0 spiro atoms. The number of hydrogen-bond acceptors (Lipinski definition) is 5. The number of hydrogen-bond donors (Lipinski definition) is 1. The van der Waals surface area contributed by atoms with Gasteiger partial charge in [-0.3, -0.25) is 4.79 Å². The molecular weight excluding hydrogens is 530 g/mol. The zero-order valence-corrected chi connectivity index (χ0v) is 21.4. The van der Waals surface area contributed by atoms with Crippen LogP contribution in [0.15, 0.2) is 88.0 Å². The summed E-state index contributed by atoms with van der Waals surface area (Å²) in [5.74, 6) is -0.727. The van der Waals surface area contributed by atoms with Gasteiger partial charge < -0.3 is 14.8 Å². The fourth-order valence-electron chi connectivity index (χ4n) is 4.60.